The maximum absolute atomic E-state index is 13.2. The van der Waals surface area contributed by atoms with Crippen LogP contribution in [0.4, 0.5) is 4.39 Å². The Kier molecular flexibility index (Phi) is 4.87. The molecule has 0 radical (unpaired) electrons. The fraction of sp³-hybridized carbons (Fsp3) is 0.227. The highest BCUT2D eigenvalue weighted by Gasteiger charge is 2.26. The van der Waals surface area contributed by atoms with Gasteiger partial charge in [0.1, 0.15) is 11.9 Å². The van der Waals surface area contributed by atoms with Gasteiger partial charge in [0.05, 0.1) is 39.4 Å². The van der Waals surface area contributed by atoms with E-state index in [1.165, 1.54) is 12.1 Å². The summed E-state index contributed by atoms with van der Waals surface area (Å²) in [5.74, 6) is 1.64. The molecule has 1 atom stereocenters. The maximum Gasteiger partial charge on any atom is 0.278 e. The van der Waals surface area contributed by atoms with Gasteiger partial charge in [-0.2, -0.15) is 4.98 Å². The summed E-state index contributed by atoms with van der Waals surface area (Å²) in [6.07, 6.45) is 1.55. The fourth-order valence-corrected chi connectivity index (χ4v) is 3.60. The van der Waals surface area contributed by atoms with Crippen LogP contribution in [-0.2, 0) is 17.9 Å². The summed E-state index contributed by atoms with van der Waals surface area (Å²) in [6, 6.07) is 11.7. The van der Waals surface area contributed by atoms with Crippen molar-refractivity contribution in [2.24, 2.45) is 0 Å². The van der Waals surface area contributed by atoms with E-state index in [-0.39, 0.29) is 11.9 Å². The third-order valence-corrected chi connectivity index (χ3v) is 5.24. The Hall–Kier alpha value is -3.72. The third-order valence-electron chi connectivity index (χ3n) is 5.24. The minimum Gasteiger partial charge on any atom is -0.493 e. The summed E-state index contributed by atoms with van der Waals surface area (Å²) in [6.45, 7) is 0.885. The van der Waals surface area contributed by atoms with E-state index < -0.39 is 0 Å². The van der Waals surface area contributed by atoms with Crippen molar-refractivity contribution in [1.29, 1.82) is 0 Å². The summed E-state index contributed by atoms with van der Waals surface area (Å²) in [7, 11) is 3.15. The van der Waals surface area contributed by atoms with Crippen molar-refractivity contribution in [1.82, 2.24) is 19.7 Å². The van der Waals surface area contributed by atoms with E-state index in [2.05, 4.69) is 15.1 Å². The molecule has 8 nitrogen and oxygen atoms in total. The first kappa shape index (κ1) is 19.3. The van der Waals surface area contributed by atoms with Crippen LogP contribution in [0, 0.1) is 5.82 Å². The second-order valence-electron chi connectivity index (χ2n) is 7.04. The molecule has 5 rings (SSSR count). The van der Waals surface area contributed by atoms with Crippen molar-refractivity contribution in [3.05, 3.63) is 65.9 Å². The molecule has 0 unspecified atom stereocenters. The van der Waals surface area contributed by atoms with Gasteiger partial charge in [-0.1, -0.05) is 17.3 Å². The molecule has 0 fully saturated rings. The van der Waals surface area contributed by atoms with Crippen LogP contribution >= 0.6 is 0 Å². The number of fused-ring (bicyclic) bond motifs is 1. The number of halogens is 1. The lowest BCUT2D eigenvalue weighted by atomic mass is 10.1. The van der Waals surface area contributed by atoms with E-state index in [4.69, 9.17) is 18.7 Å². The van der Waals surface area contributed by atoms with E-state index in [9.17, 15) is 4.39 Å². The molecule has 158 valence electrons. The highest BCUT2D eigenvalue weighted by atomic mass is 19.1. The molecule has 0 bridgehead atoms. The first-order chi connectivity index (χ1) is 15.2. The number of ether oxygens (including phenoxy) is 3. The van der Waals surface area contributed by atoms with E-state index in [0.29, 0.717) is 42.1 Å². The summed E-state index contributed by atoms with van der Waals surface area (Å²) in [4.78, 5) is 8.96. The van der Waals surface area contributed by atoms with E-state index >= 15 is 0 Å². The minimum absolute atomic E-state index is 0.180. The maximum atomic E-state index is 13.2. The average Bonchev–Trinajstić information content (AvgIpc) is 3.45. The Morgan fingerprint density at radius 3 is 2.65 bits per heavy atom. The van der Waals surface area contributed by atoms with Crippen molar-refractivity contribution >= 4 is 0 Å². The van der Waals surface area contributed by atoms with Crippen molar-refractivity contribution in [2.75, 3.05) is 14.2 Å². The molecule has 1 aliphatic heterocycles. The Bertz CT molecular complexity index is 1220. The van der Waals surface area contributed by atoms with Gasteiger partial charge in [0.25, 0.3) is 5.89 Å². The number of hydrogen-bond acceptors (Lipinski definition) is 7. The van der Waals surface area contributed by atoms with Crippen molar-refractivity contribution in [2.45, 2.75) is 19.3 Å². The number of nitrogens with zero attached hydrogens (tertiary/aromatic N) is 4. The third kappa shape index (κ3) is 3.53. The van der Waals surface area contributed by atoms with Crippen molar-refractivity contribution < 1.29 is 23.1 Å². The molecule has 2 aromatic carbocycles. The molecule has 0 amide bonds. The monoisotopic (exact) mass is 422 g/mol. The Labute approximate surface area is 177 Å². The van der Waals surface area contributed by atoms with E-state index in [1.54, 1.807) is 44.8 Å². The van der Waals surface area contributed by atoms with Gasteiger partial charge >= 0.3 is 0 Å². The molecule has 31 heavy (non-hydrogen) atoms. The molecule has 0 aliphatic carbocycles. The largest absolute Gasteiger partial charge is 0.493 e. The molecular weight excluding hydrogens is 403 g/mol. The topological polar surface area (TPSA) is 84.4 Å². The molecular formula is C22H19FN4O4. The van der Waals surface area contributed by atoms with Crippen LogP contribution in [0.3, 0.4) is 0 Å². The number of methoxy groups -OCH3 is 2. The second kappa shape index (κ2) is 7.84. The standard InChI is InChI=1S/C22H19FN4O4/c1-28-17-8-5-14(9-18(17)29-2)21-25-22(31-26-21)20-16-11-30-19(10-27(16)12-24-20)13-3-6-15(23)7-4-13/h3-9,12,19H,10-11H2,1-2H3/t19-/m0/s1. The van der Waals surface area contributed by atoms with Crippen molar-refractivity contribution in [3.8, 4) is 34.5 Å². The number of aromatic nitrogens is 4. The van der Waals surface area contributed by atoms with Gasteiger partial charge in [-0.25, -0.2) is 9.37 Å². The van der Waals surface area contributed by atoms with E-state index in [1.807, 2.05) is 10.6 Å². The molecule has 9 heteroatoms. The lowest BCUT2D eigenvalue weighted by molar-refractivity contribution is 0.00326. The number of hydrogen-bond donors (Lipinski definition) is 0. The predicted molar refractivity (Wildman–Crippen MR) is 108 cm³/mol. The SMILES string of the molecule is COc1ccc(-c2noc(-c3ncn4c3CO[C@H](c3ccc(F)cc3)C4)n2)cc1OC. The van der Waals surface area contributed by atoms with Gasteiger partial charge in [0, 0.05) is 5.56 Å². The van der Waals surface area contributed by atoms with Gasteiger partial charge < -0.3 is 23.3 Å². The molecule has 2 aromatic heterocycles. The highest BCUT2D eigenvalue weighted by molar-refractivity contribution is 5.63. The number of benzene rings is 2. The van der Waals surface area contributed by atoms with Gasteiger partial charge in [0.2, 0.25) is 5.82 Å². The zero-order valence-electron chi connectivity index (χ0n) is 16.9. The van der Waals surface area contributed by atoms with Crippen LogP contribution in [0.25, 0.3) is 23.0 Å². The highest BCUT2D eigenvalue weighted by Crippen LogP contribution is 2.34. The van der Waals surface area contributed by atoms with Gasteiger partial charge in [-0.15, -0.1) is 0 Å². The Balaban J connectivity index is 1.40. The normalized spacial score (nSPS) is 15.5. The van der Waals surface area contributed by atoms with Crippen LogP contribution in [0.15, 0.2) is 53.3 Å². The van der Waals surface area contributed by atoms with Crippen LogP contribution in [-0.4, -0.2) is 33.9 Å². The smallest absolute Gasteiger partial charge is 0.278 e. The lowest BCUT2D eigenvalue weighted by Gasteiger charge is -2.25. The first-order valence-electron chi connectivity index (χ1n) is 9.64. The first-order valence-corrected chi connectivity index (χ1v) is 9.64. The zero-order valence-corrected chi connectivity index (χ0v) is 16.9. The molecule has 4 aromatic rings. The van der Waals surface area contributed by atoms with Crippen LogP contribution < -0.4 is 9.47 Å². The number of imidazole rings is 1. The fourth-order valence-electron chi connectivity index (χ4n) is 3.60. The molecule has 0 N–H and O–H groups in total. The summed E-state index contributed by atoms with van der Waals surface area (Å²) >= 11 is 0. The Morgan fingerprint density at radius 1 is 1.06 bits per heavy atom. The molecule has 0 spiro atoms. The van der Waals surface area contributed by atoms with Crippen LogP contribution in [0.2, 0.25) is 0 Å². The predicted octanol–water partition coefficient (Wildman–Crippen LogP) is 4.03. The number of rotatable bonds is 5. The van der Waals surface area contributed by atoms with Gasteiger partial charge in [-0.05, 0) is 35.9 Å². The summed E-state index contributed by atoms with van der Waals surface area (Å²) in [5.41, 5.74) is 3.07. The molecule has 1 aliphatic rings. The van der Waals surface area contributed by atoms with Gasteiger partial charge in [-0.3, -0.25) is 0 Å². The Morgan fingerprint density at radius 2 is 1.87 bits per heavy atom. The van der Waals surface area contributed by atoms with Gasteiger partial charge in [0.15, 0.2) is 17.2 Å². The summed E-state index contributed by atoms with van der Waals surface area (Å²) < 4.78 is 37.3. The average molecular weight is 422 g/mol. The van der Waals surface area contributed by atoms with E-state index in [0.717, 1.165) is 16.8 Å². The summed E-state index contributed by atoms with van der Waals surface area (Å²) in [5, 5.41) is 4.08. The molecule has 0 saturated heterocycles. The zero-order chi connectivity index (χ0) is 21.4. The molecule has 3 heterocycles. The van der Waals surface area contributed by atoms with Crippen LogP contribution in [0.1, 0.15) is 17.4 Å². The van der Waals surface area contributed by atoms with Crippen LogP contribution in [0.5, 0.6) is 11.5 Å². The quantitative estimate of drug-likeness (QED) is 0.480. The van der Waals surface area contributed by atoms with Crippen molar-refractivity contribution in [3.63, 3.8) is 0 Å². The lowest BCUT2D eigenvalue weighted by Crippen LogP contribution is -2.20. The minimum atomic E-state index is -0.271. The second-order valence-corrected chi connectivity index (χ2v) is 7.04. The molecule has 0 saturated carbocycles.